The van der Waals surface area contributed by atoms with Crippen LogP contribution in [0.1, 0.15) is 39.3 Å². The number of carboxylic acid groups (broad SMARTS) is 1. The van der Waals surface area contributed by atoms with Crippen molar-refractivity contribution in [3.8, 4) is 10.9 Å². The summed E-state index contributed by atoms with van der Waals surface area (Å²) in [5, 5.41) is 19.4. The Labute approximate surface area is 132 Å². The highest BCUT2D eigenvalue weighted by atomic mass is 32.1. The fourth-order valence-corrected chi connectivity index (χ4v) is 2.31. The minimum atomic E-state index is -0.955. The van der Waals surface area contributed by atoms with Crippen LogP contribution < -0.4 is 0 Å². The second kappa shape index (κ2) is 6.53. The Hall–Kier alpha value is -1.80. The molecule has 0 fully saturated rings. The summed E-state index contributed by atoms with van der Waals surface area (Å²) < 4.78 is 11.0. The predicted octanol–water partition coefficient (Wildman–Crippen LogP) is 2.77. The summed E-state index contributed by atoms with van der Waals surface area (Å²) in [7, 11) is 0. The van der Waals surface area contributed by atoms with E-state index in [-0.39, 0.29) is 18.4 Å². The molecular formula is C14H19N3O4S. The van der Waals surface area contributed by atoms with Gasteiger partial charge < -0.3 is 14.3 Å². The molecule has 0 unspecified atom stereocenters. The molecule has 0 saturated heterocycles. The van der Waals surface area contributed by atoms with E-state index in [1.165, 1.54) is 11.3 Å². The molecule has 2 aromatic rings. The van der Waals surface area contributed by atoms with Crippen molar-refractivity contribution in [1.29, 1.82) is 0 Å². The Balaban J connectivity index is 2.07. The SMILES string of the molecule is CC(C)OCc1csc(-c2nnc(CC(C)(C)C(=O)O)o2)n1. The van der Waals surface area contributed by atoms with Gasteiger partial charge in [0.25, 0.3) is 5.89 Å². The van der Waals surface area contributed by atoms with Gasteiger partial charge in [-0.15, -0.1) is 21.5 Å². The Kier molecular flexibility index (Phi) is 4.92. The molecule has 0 aliphatic heterocycles. The number of hydrogen-bond donors (Lipinski definition) is 1. The largest absolute Gasteiger partial charge is 0.481 e. The van der Waals surface area contributed by atoms with E-state index >= 15 is 0 Å². The van der Waals surface area contributed by atoms with Crippen LogP contribution in [0.3, 0.4) is 0 Å². The Morgan fingerprint density at radius 1 is 1.45 bits per heavy atom. The van der Waals surface area contributed by atoms with Crippen LogP contribution in [-0.2, 0) is 22.6 Å². The molecule has 0 aliphatic carbocycles. The standard InChI is InChI=1S/C14H19N3O4S/c1-8(2)20-6-9-7-22-12(15-9)11-17-16-10(21-11)5-14(3,4)13(18)19/h7-8H,5-6H2,1-4H3,(H,18,19). The lowest BCUT2D eigenvalue weighted by Crippen LogP contribution is -2.26. The summed E-state index contributed by atoms with van der Waals surface area (Å²) in [5.74, 6) is -0.316. The quantitative estimate of drug-likeness (QED) is 0.835. The molecule has 1 N–H and O–H groups in total. The third kappa shape index (κ3) is 4.11. The second-order valence-electron chi connectivity index (χ2n) is 5.87. The van der Waals surface area contributed by atoms with Crippen molar-refractivity contribution >= 4 is 17.3 Å². The number of rotatable bonds is 7. The lowest BCUT2D eigenvalue weighted by Gasteiger charge is -2.15. The lowest BCUT2D eigenvalue weighted by atomic mass is 9.90. The van der Waals surface area contributed by atoms with Gasteiger partial charge in [-0.3, -0.25) is 4.79 Å². The van der Waals surface area contributed by atoms with Gasteiger partial charge in [-0.1, -0.05) is 0 Å². The van der Waals surface area contributed by atoms with Crippen molar-refractivity contribution in [2.24, 2.45) is 5.41 Å². The van der Waals surface area contributed by atoms with Gasteiger partial charge in [0.15, 0.2) is 5.01 Å². The van der Waals surface area contributed by atoms with E-state index in [2.05, 4.69) is 15.2 Å². The Morgan fingerprint density at radius 2 is 2.18 bits per heavy atom. The average Bonchev–Trinajstić information content (AvgIpc) is 3.04. The normalized spacial score (nSPS) is 12.0. The van der Waals surface area contributed by atoms with Crippen LogP contribution in [0.2, 0.25) is 0 Å². The number of aromatic nitrogens is 3. The second-order valence-corrected chi connectivity index (χ2v) is 6.73. The van der Waals surface area contributed by atoms with Gasteiger partial charge in [0, 0.05) is 11.8 Å². The minimum Gasteiger partial charge on any atom is -0.481 e. The van der Waals surface area contributed by atoms with Crippen LogP contribution in [0.15, 0.2) is 9.80 Å². The van der Waals surface area contributed by atoms with Crippen LogP contribution in [-0.4, -0.2) is 32.4 Å². The fraction of sp³-hybridized carbons (Fsp3) is 0.571. The zero-order valence-corrected chi connectivity index (χ0v) is 13.8. The maximum absolute atomic E-state index is 11.1. The molecule has 8 heteroatoms. The lowest BCUT2D eigenvalue weighted by molar-refractivity contribution is -0.147. The molecule has 0 bridgehead atoms. The number of carboxylic acids is 1. The highest BCUT2D eigenvalue weighted by molar-refractivity contribution is 7.13. The average molecular weight is 325 g/mol. The fourth-order valence-electron chi connectivity index (χ4n) is 1.59. The number of nitrogens with zero attached hydrogens (tertiary/aromatic N) is 3. The van der Waals surface area contributed by atoms with E-state index in [4.69, 9.17) is 14.3 Å². The molecule has 7 nitrogen and oxygen atoms in total. The number of hydrogen-bond acceptors (Lipinski definition) is 7. The molecule has 120 valence electrons. The third-order valence-electron chi connectivity index (χ3n) is 2.94. The van der Waals surface area contributed by atoms with Gasteiger partial charge in [-0.25, -0.2) is 4.98 Å². The van der Waals surface area contributed by atoms with Gasteiger partial charge in [0.1, 0.15) is 0 Å². The first-order valence-corrected chi connectivity index (χ1v) is 7.78. The maximum atomic E-state index is 11.1. The van der Waals surface area contributed by atoms with E-state index < -0.39 is 11.4 Å². The molecular weight excluding hydrogens is 306 g/mol. The first kappa shape index (κ1) is 16.6. The predicted molar refractivity (Wildman–Crippen MR) is 80.5 cm³/mol. The number of aliphatic carboxylic acids is 1. The zero-order valence-electron chi connectivity index (χ0n) is 13.0. The van der Waals surface area contributed by atoms with Crippen molar-refractivity contribution in [3.05, 3.63) is 17.0 Å². The van der Waals surface area contributed by atoms with Crippen LogP contribution in [0.4, 0.5) is 0 Å². The summed E-state index contributed by atoms with van der Waals surface area (Å²) in [5.41, 5.74) is -0.150. The zero-order chi connectivity index (χ0) is 16.3. The van der Waals surface area contributed by atoms with Crippen molar-refractivity contribution in [2.45, 2.75) is 46.8 Å². The van der Waals surface area contributed by atoms with Crippen molar-refractivity contribution in [2.75, 3.05) is 0 Å². The summed E-state index contributed by atoms with van der Waals surface area (Å²) in [4.78, 5) is 15.5. The van der Waals surface area contributed by atoms with E-state index in [1.54, 1.807) is 13.8 Å². The van der Waals surface area contributed by atoms with Crippen LogP contribution >= 0.6 is 11.3 Å². The highest BCUT2D eigenvalue weighted by Crippen LogP contribution is 2.26. The van der Waals surface area contributed by atoms with Crippen molar-refractivity contribution in [3.63, 3.8) is 0 Å². The molecule has 0 atom stereocenters. The smallest absolute Gasteiger partial charge is 0.309 e. The molecule has 0 radical (unpaired) electrons. The van der Waals surface area contributed by atoms with Crippen LogP contribution in [0.25, 0.3) is 10.9 Å². The van der Waals surface area contributed by atoms with Gasteiger partial charge in [-0.05, 0) is 27.7 Å². The molecule has 0 saturated carbocycles. The number of carbonyl (C=O) groups is 1. The summed E-state index contributed by atoms with van der Waals surface area (Å²) >= 11 is 1.39. The summed E-state index contributed by atoms with van der Waals surface area (Å²) in [6.07, 6.45) is 0.308. The number of thiazole rings is 1. The monoisotopic (exact) mass is 325 g/mol. The summed E-state index contributed by atoms with van der Waals surface area (Å²) in [6.45, 7) is 7.58. The van der Waals surface area contributed by atoms with Gasteiger partial charge in [0.05, 0.1) is 23.8 Å². The van der Waals surface area contributed by atoms with Gasteiger partial charge in [-0.2, -0.15) is 0 Å². The minimum absolute atomic E-state index is 0.137. The molecule has 2 heterocycles. The van der Waals surface area contributed by atoms with Crippen molar-refractivity contribution in [1.82, 2.24) is 15.2 Å². The first-order chi connectivity index (χ1) is 10.3. The van der Waals surface area contributed by atoms with Gasteiger partial charge >= 0.3 is 5.97 Å². The van der Waals surface area contributed by atoms with E-state index in [1.807, 2.05) is 19.2 Å². The molecule has 0 aromatic carbocycles. The van der Waals surface area contributed by atoms with E-state index in [0.29, 0.717) is 17.5 Å². The maximum Gasteiger partial charge on any atom is 0.309 e. The molecule has 0 spiro atoms. The topological polar surface area (TPSA) is 98.3 Å². The molecule has 2 rings (SSSR count). The summed E-state index contributed by atoms with van der Waals surface area (Å²) in [6, 6.07) is 0. The first-order valence-electron chi connectivity index (χ1n) is 6.90. The van der Waals surface area contributed by atoms with Gasteiger partial charge in [0.2, 0.25) is 5.89 Å². The van der Waals surface area contributed by atoms with Crippen LogP contribution in [0, 0.1) is 5.41 Å². The van der Waals surface area contributed by atoms with Crippen molar-refractivity contribution < 1.29 is 19.1 Å². The molecule has 2 aromatic heterocycles. The Morgan fingerprint density at radius 3 is 2.82 bits per heavy atom. The molecule has 22 heavy (non-hydrogen) atoms. The van der Waals surface area contributed by atoms with E-state index in [9.17, 15) is 4.79 Å². The van der Waals surface area contributed by atoms with E-state index in [0.717, 1.165) is 5.69 Å². The number of ether oxygens (including phenoxy) is 1. The molecule has 0 aliphatic rings. The third-order valence-corrected chi connectivity index (χ3v) is 3.82. The Bertz CT molecular complexity index is 648. The van der Waals surface area contributed by atoms with Crippen LogP contribution in [0.5, 0.6) is 0 Å². The molecule has 0 amide bonds. The highest BCUT2D eigenvalue weighted by Gasteiger charge is 2.30.